The smallest absolute Gasteiger partial charge is 0.200 e. The van der Waals surface area contributed by atoms with Crippen molar-refractivity contribution >= 4 is 31.2 Å². The van der Waals surface area contributed by atoms with Crippen molar-refractivity contribution in [2.24, 2.45) is 5.92 Å². The van der Waals surface area contributed by atoms with Gasteiger partial charge in [0.05, 0.1) is 11.7 Å². The normalized spacial score (nSPS) is 17.9. The molecule has 0 aliphatic rings. The maximum atomic E-state index is 12.0. The molecule has 0 aliphatic heterocycles. The molecule has 0 heterocycles. The summed E-state index contributed by atoms with van der Waals surface area (Å²) in [6.45, 7) is 42.1. The Kier molecular flexibility index (Phi) is 13.3. The summed E-state index contributed by atoms with van der Waals surface area (Å²) >= 11 is 0. The third-order valence-electron chi connectivity index (χ3n) is 9.91. The van der Waals surface area contributed by atoms with Crippen LogP contribution in [0.2, 0.25) is 52.9 Å². The van der Waals surface area contributed by atoms with Crippen molar-refractivity contribution in [2.75, 3.05) is 6.61 Å². The summed E-state index contributed by atoms with van der Waals surface area (Å²) in [5, 5.41) is 0.241. The summed E-state index contributed by atoms with van der Waals surface area (Å²) in [5.41, 5.74) is 0.945. The Hall–Kier alpha value is 0.201. The molecular formula is C30H66O4Si3. The molecule has 0 N–H and O–H groups in total. The first kappa shape index (κ1) is 37.2. The Morgan fingerprint density at radius 3 is 1.43 bits per heavy atom. The van der Waals surface area contributed by atoms with Crippen LogP contribution in [0.25, 0.3) is 0 Å². The van der Waals surface area contributed by atoms with E-state index in [-0.39, 0.29) is 22.1 Å². The lowest BCUT2D eigenvalue weighted by atomic mass is 9.85. The molecule has 7 heteroatoms. The van der Waals surface area contributed by atoms with E-state index in [0.29, 0.717) is 36.1 Å². The standard InChI is InChI=1S/C30H66O4Si3/c1-23(2)37(24(3)4,25(5)6)33-27(19-20-31)21-30(14,34-36(17,18)29(11,12)13)26(7)22-32-35(15,16)28(8,9)10/h20,23-27H,19,21-22H2,1-18H3/t26-,27+,30+/m0/s1. The molecule has 0 saturated carbocycles. The molecule has 0 spiro atoms. The van der Waals surface area contributed by atoms with Gasteiger partial charge in [-0.05, 0) is 59.8 Å². The molecule has 0 amide bonds. The fraction of sp³-hybridized carbons (Fsp3) is 0.967. The number of rotatable bonds is 15. The van der Waals surface area contributed by atoms with Gasteiger partial charge < -0.3 is 18.1 Å². The third kappa shape index (κ3) is 9.38. The van der Waals surface area contributed by atoms with Gasteiger partial charge in [-0.15, -0.1) is 0 Å². The summed E-state index contributed by atoms with van der Waals surface area (Å²) in [6, 6.07) is 0. The monoisotopic (exact) mass is 574 g/mol. The SMILES string of the molecule is CC(C)[Si](O[C@H](CC=O)C[C@@](C)(O[Si](C)(C)C(C)(C)C)[C@@H](C)CO[Si](C)(C)C(C)(C)C)(C(C)C)C(C)C. The van der Waals surface area contributed by atoms with E-state index in [1.54, 1.807) is 0 Å². The van der Waals surface area contributed by atoms with Crippen LogP contribution < -0.4 is 0 Å². The minimum atomic E-state index is -2.16. The molecule has 0 aliphatic carbocycles. The maximum absolute atomic E-state index is 12.0. The van der Waals surface area contributed by atoms with Crippen molar-refractivity contribution < 1.29 is 18.1 Å². The molecule has 222 valence electrons. The Morgan fingerprint density at radius 1 is 0.703 bits per heavy atom. The molecule has 37 heavy (non-hydrogen) atoms. The highest BCUT2D eigenvalue weighted by atomic mass is 28.4. The van der Waals surface area contributed by atoms with Gasteiger partial charge in [-0.3, -0.25) is 0 Å². The van der Waals surface area contributed by atoms with Crippen LogP contribution >= 0.6 is 0 Å². The number of hydrogen-bond donors (Lipinski definition) is 0. The molecule has 0 saturated heterocycles. The fourth-order valence-corrected chi connectivity index (χ4v) is 13.7. The first-order valence-electron chi connectivity index (χ1n) is 14.8. The summed E-state index contributed by atoms with van der Waals surface area (Å²) in [7, 11) is -6.17. The van der Waals surface area contributed by atoms with Crippen molar-refractivity contribution in [3.05, 3.63) is 0 Å². The van der Waals surface area contributed by atoms with Crippen molar-refractivity contribution in [3.8, 4) is 0 Å². The average Bonchev–Trinajstić information content (AvgIpc) is 2.67. The van der Waals surface area contributed by atoms with Gasteiger partial charge in [-0.1, -0.05) is 90.0 Å². The first-order valence-corrected chi connectivity index (χ1v) is 22.7. The van der Waals surface area contributed by atoms with Crippen LogP contribution in [0.5, 0.6) is 0 Å². The highest BCUT2D eigenvalue weighted by Gasteiger charge is 2.50. The van der Waals surface area contributed by atoms with E-state index in [1.807, 2.05) is 0 Å². The van der Waals surface area contributed by atoms with Crippen LogP contribution in [-0.4, -0.2) is 49.6 Å². The van der Waals surface area contributed by atoms with Crippen molar-refractivity contribution in [1.29, 1.82) is 0 Å². The Balaban J connectivity index is 6.48. The van der Waals surface area contributed by atoms with Gasteiger partial charge in [0.2, 0.25) is 8.32 Å². The van der Waals surface area contributed by atoms with E-state index in [4.69, 9.17) is 13.3 Å². The predicted molar refractivity (Wildman–Crippen MR) is 170 cm³/mol. The van der Waals surface area contributed by atoms with Crippen LogP contribution in [0.15, 0.2) is 0 Å². The van der Waals surface area contributed by atoms with Gasteiger partial charge in [-0.2, -0.15) is 0 Å². The zero-order valence-electron chi connectivity index (χ0n) is 28.2. The van der Waals surface area contributed by atoms with Gasteiger partial charge >= 0.3 is 0 Å². The number of aldehydes is 1. The van der Waals surface area contributed by atoms with Crippen molar-refractivity contribution in [1.82, 2.24) is 0 Å². The van der Waals surface area contributed by atoms with Gasteiger partial charge in [0.25, 0.3) is 0 Å². The second kappa shape index (κ2) is 13.2. The van der Waals surface area contributed by atoms with E-state index < -0.39 is 30.6 Å². The van der Waals surface area contributed by atoms with Crippen LogP contribution in [0.3, 0.4) is 0 Å². The zero-order chi connectivity index (χ0) is 29.8. The summed E-state index contributed by atoms with van der Waals surface area (Å²) in [5.74, 6) is 0.168. The molecule has 0 aromatic carbocycles. The summed E-state index contributed by atoms with van der Waals surface area (Å²) in [4.78, 5) is 12.0. The molecule has 0 bridgehead atoms. The van der Waals surface area contributed by atoms with Gasteiger partial charge in [-0.25, -0.2) is 0 Å². The molecule has 0 radical (unpaired) electrons. The lowest BCUT2D eigenvalue weighted by Gasteiger charge is -2.50. The highest BCUT2D eigenvalue weighted by molar-refractivity contribution is 6.77. The van der Waals surface area contributed by atoms with Crippen LogP contribution in [0, 0.1) is 5.92 Å². The van der Waals surface area contributed by atoms with Gasteiger partial charge in [0.1, 0.15) is 6.29 Å². The molecule has 0 unspecified atom stereocenters. The van der Waals surface area contributed by atoms with E-state index in [2.05, 4.69) is 123 Å². The predicted octanol–water partition coefficient (Wildman–Crippen LogP) is 9.96. The summed E-state index contributed by atoms with van der Waals surface area (Å²) in [6.07, 6.45) is 2.02. The van der Waals surface area contributed by atoms with Crippen LogP contribution in [-0.2, 0) is 18.1 Å². The minimum Gasteiger partial charge on any atom is -0.416 e. The second-order valence-electron chi connectivity index (χ2n) is 15.8. The third-order valence-corrected chi connectivity index (χ3v) is 25.2. The quantitative estimate of drug-likeness (QED) is 0.144. The van der Waals surface area contributed by atoms with E-state index in [0.717, 1.165) is 6.29 Å². The maximum Gasteiger partial charge on any atom is 0.200 e. The van der Waals surface area contributed by atoms with Crippen LogP contribution in [0.4, 0.5) is 0 Å². The van der Waals surface area contributed by atoms with Crippen LogP contribution in [0.1, 0.15) is 110 Å². The lowest BCUT2D eigenvalue weighted by molar-refractivity contribution is -0.110. The lowest BCUT2D eigenvalue weighted by Crippen LogP contribution is -2.56. The molecular weight excluding hydrogens is 509 g/mol. The largest absolute Gasteiger partial charge is 0.416 e. The molecule has 4 nitrogen and oxygen atoms in total. The number of hydrogen-bond acceptors (Lipinski definition) is 4. The van der Waals surface area contributed by atoms with Gasteiger partial charge in [0, 0.05) is 25.4 Å². The fourth-order valence-electron chi connectivity index (χ4n) is 5.23. The van der Waals surface area contributed by atoms with E-state index >= 15 is 0 Å². The minimum absolute atomic E-state index is 0.0849. The first-order chi connectivity index (χ1) is 16.3. The Bertz CT molecular complexity index is 683. The molecule has 0 rings (SSSR count). The van der Waals surface area contributed by atoms with Gasteiger partial charge in [0.15, 0.2) is 16.6 Å². The molecule has 0 fully saturated rings. The van der Waals surface area contributed by atoms with E-state index in [9.17, 15) is 4.79 Å². The highest BCUT2D eigenvalue weighted by Crippen LogP contribution is 2.47. The summed E-state index contributed by atoms with van der Waals surface area (Å²) < 4.78 is 21.2. The Labute approximate surface area is 235 Å². The van der Waals surface area contributed by atoms with Crippen molar-refractivity contribution in [2.45, 2.75) is 174 Å². The second-order valence-corrected chi connectivity index (χ2v) is 30.8. The molecule has 3 atom stereocenters. The van der Waals surface area contributed by atoms with E-state index in [1.165, 1.54) is 0 Å². The topological polar surface area (TPSA) is 44.8 Å². The van der Waals surface area contributed by atoms with Crippen molar-refractivity contribution in [3.63, 3.8) is 0 Å². The zero-order valence-corrected chi connectivity index (χ0v) is 31.2. The molecule has 0 aromatic rings. The Morgan fingerprint density at radius 2 is 1.11 bits per heavy atom. The molecule has 0 aromatic heterocycles. The number of carbonyl (C=O) groups excluding carboxylic acids is 1. The number of carbonyl (C=O) groups is 1. The average molecular weight is 575 g/mol.